The predicted octanol–water partition coefficient (Wildman–Crippen LogP) is 3.35. The average Bonchev–Trinajstić information content (AvgIpc) is 2.81. The van der Waals surface area contributed by atoms with Crippen molar-refractivity contribution in [2.45, 2.75) is 69.4 Å². The molecule has 2 aliphatic carbocycles. The first-order valence-corrected chi connectivity index (χ1v) is 9.01. The molecule has 20 heavy (non-hydrogen) atoms. The zero-order valence-electron chi connectivity index (χ0n) is 12.6. The standard InChI is InChI=1S/C15H26N4S/c1-3-15(9-11-6-5-7-12(8-11)10-15)13-17-18-14(19(13)16)20-4-2/h11-12H,3-10,16H2,1-2H3. The van der Waals surface area contributed by atoms with Gasteiger partial charge >= 0.3 is 0 Å². The number of nitrogen functional groups attached to an aromatic ring is 1. The lowest BCUT2D eigenvalue weighted by atomic mass is 9.59. The van der Waals surface area contributed by atoms with Crippen LogP contribution in [0.4, 0.5) is 0 Å². The summed E-state index contributed by atoms with van der Waals surface area (Å²) in [5.41, 5.74) is 0.169. The molecule has 4 nitrogen and oxygen atoms in total. The van der Waals surface area contributed by atoms with E-state index in [1.807, 2.05) is 0 Å². The number of rotatable bonds is 4. The topological polar surface area (TPSA) is 56.7 Å². The Balaban J connectivity index is 1.92. The fourth-order valence-corrected chi connectivity index (χ4v) is 5.04. The lowest BCUT2D eigenvalue weighted by Gasteiger charge is -2.46. The van der Waals surface area contributed by atoms with Crippen molar-refractivity contribution < 1.29 is 0 Å². The van der Waals surface area contributed by atoms with Crippen molar-refractivity contribution in [1.29, 1.82) is 0 Å². The number of fused-ring (bicyclic) bond motifs is 2. The predicted molar refractivity (Wildman–Crippen MR) is 83.2 cm³/mol. The molecule has 2 aliphatic rings. The lowest BCUT2D eigenvalue weighted by molar-refractivity contribution is 0.0990. The third kappa shape index (κ3) is 2.34. The second kappa shape index (κ2) is 5.58. The van der Waals surface area contributed by atoms with E-state index in [0.29, 0.717) is 0 Å². The van der Waals surface area contributed by atoms with Crippen molar-refractivity contribution in [1.82, 2.24) is 14.9 Å². The molecule has 0 spiro atoms. The van der Waals surface area contributed by atoms with Crippen LogP contribution in [0.3, 0.4) is 0 Å². The van der Waals surface area contributed by atoms with E-state index in [-0.39, 0.29) is 5.41 Å². The Hall–Kier alpha value is -0.710. The number of aromatic nitrogens is 3. The summed E-state index contributed by atoms with van der Waals surface area (Å²) in [5, 5.41) is 9.68. The Morgan fingerprint density at radius 2 is 1.95 bits per heavy atom. The third-order valence-electron chi connectivity index (χ3n) is 5.34. The highest BCUT2D eigenvalue weighted by Crippen LogP contribution is 2.51. The minimum Gasteiger partial charge on any atom is -0.336 e. The van der Waals surface area contributed by atoms with Gasteiger partial charge in [0.05, 0.1) is 0 Å². The van der Waals surface area contributed by atoms with Gasteiger partial charge in [-0.15, -0.1) is 10.2 Å². The zero-order valence-corrected chi connectivity index (χ0v) is 13.5. The molecule has 1 heterocycles. The van der Waals surface area contributed by atoms with Gasteiger partial charge in [0.15, 0.2) is 5.82 Å². The summed E-state index contributed by atoms with van der Waals surface area (Å²) in [6.45, 7) is 4.42. The quantitative estimate of drug-likeness (QED) is 0.683. The van der Waals surface area contributed by atoms with Gasteiger partial charge in [0.2, 0.25) is 5.16 Å². The molecule has 5 heteroatoms. The van der Waals surface area contributed by atoms with Crippen molar-refractivity contribution in [3.05, 3.63) is 5.82 Å². The molecule has 1 aromatic heterocycles. The van der Waals surface area contributed by atoms with Crippen LogP contribution in [0.25, 0.3) is 0 Å². The largest absolute Gasteiger partial charge is 0.336 e. The number of hydrogen-bond donors (Lipinski definition) is 1. The molecule has 0 amide bonds. The Labute approximate surface area is 125 Å². The molecule has 2 N–H and O–H groups in total. The number of nitrogens with zero attached hydrogens (tertiary/aromatic N) is 3. The first-order chi connectivity index (χ1) is 9.68. The molecule has 0 aromatic carbocycles. The minimum atomic E-state index is 0.169. The molecule has 0 aliphatic heterocycles. The Kier molecular flexibility index (Phi) is 3.98. The van der Waals surface area contributed by atoms with Crippen LogP contribution < -0.4 is 5.84 Å². The molecule has 2 saturated carbocycles. The van der Waals surface area contributed by atoms with Crippen LogP contribution in [-0.2, 0) is 5.41 Å². The normalized spacial score (nSPS) is 33.3. The van der Waals surface area contributed by atoms with Crippen molar-refractivity contribution in [3.8, 4) is 0 Å². The maximum Gasteiger partial charge on any atom is 0.209 e. The molecule has 2 unspecified atom stereocenters. The van der Waals surface area contributed by atoms with Gasteiger partial charge in [-0.25, -0.2) is 4.68 Å². The summed E-state index contributed by atoms with van der Waals surface area (Å²) in [7, 11) is 0. The molecule has 2 fully saturated rings. The average molecular weight is 294 g/mol. The maximum absolute atomic E-state index is 6.30. The monoisotopic (exact) mass is 294 g/mol. The summed E-state index contributed by atoms with van der Waals surface area (Å²) in [6, 6.07) is 0. The van der Waals surface area contributed by atoms with E-state index in [1.54, 1.807) is 16.4 Å². The molecule has 3 rings (SSSR count). The van der Waals surface area contributed by atoms with Crippen LogP contribution in [0.2, 0.25) is 0 Å². The van der Waals surface area contributed by atoms with E-state index >= 15 is 0 Å². The number of hydrogen-bond acceptors (Lipinski definition) is 4. The van der Waals surface area contributed by atoms with Crippen molar-refractivity contribution in [3.63, 3.8) is 0 Å². The number of nitrogens with two attached hydrogens (primary N) is 1. The summed E-state index contributed by atoms with van der Waals surface area (Å²) in [4.78, 5) is 0. The summed E-state index contributed by atoms with van der Waals surface area (Å²) >= 11 is 1.68. The van der Waals surface area contributed by atoms with Gasteiger partial charge in [-0.3, -0.25) is 0 Å². The molecule has 2 atom stereocenters. The summed E-state index contributed by atoms with van der Waals surface area (Å²) in [5.74, 6) is 10.1. The summed E-state index contributed by atoms with van der Waals surface area (Å²) in [6.07, 6.45) is 9.28. The van der Waals surface area contributed by atoms with Gasteiger partial charge in [-0.05, 0) is 43.3 Å². The fraction of sp³-hybridized carbons (Fsp3) is 0.867. The smallest absolute Gasteiger partial charge is 0.209 e. The molecular formula is C15H26N4S. The van der Waals surface area contributed by atoms with Gasteiger partial charge in [-0.2, -0.15) is 0 Å². The first kappa shape index (κ1) is 14.2. The van der Waals surface area contributed by atoms with E-state index in [4.69, 9.17) is 5.84 Å². The second-order valence-corrected chi connectivity index (χ2v) is 7.78. The Morgan fingerprint density at radius 3 is 2.55 bits per heavy atom. The lowest BCUT2D eigenvalue weighted by Crippen LogP contribution is -2.41. The zero-order chi connectivity index (χ0) is 14.2. The van der Waals surface area contributed by atoms with Crippen LogP contribution in [0.5, 0.6) is 0 Å². The van der Waals surface area contributed by atoms with Gasteiger partial charge in [0.1, 0.15) is 0 Å². The number of thioether (sulfide) groups is 1. The van der Waals surface area contributed by atoms with E-state index in [1.165, 1.54) is 38.5 Å². The van der Waals surface area contributed by atoms with Gasteiger partial charge in [0.25, 0.3) is 0 Å². The Morgan fingerprint density at radius 1 is 1.25 bits per heavy atom. The van der Waals surface area contributed by atoms with Gasteiger partial charge in [0, 0.05) is 5.41 Å². The summed E-state index contributed by atoms with van der Waals surface area (Å²) < 4.78 is 1.78. The highest BCUT2D eigenvalue weighted by molar-refractivity contribution is 7.99. The van der Waals surface area contributed by atoms with Crippen LogP contribution in [0.15, 0.2) is 5.16 Å². The van der Waals surface area contributed by atoms with Crippen LogP contribution in [0, 0.1) is 11.8 Å². The second-order valence-electron chi connectivity index (χ2n) is 6.55. The van der Waals surface area contributed by atoms with Crippen LogP contribution in [0.1, 0.15) is 64.6 Å². The highest BCUT2D eigenvalue weighted by atomic mass is 32.2. The van der Waals surface area contributed by atoms with Gasteiger partial charge < -0.3 is 5.84 Å². The fourth-order valence-electron chi connectivity index (χ4n) is 4.46. The van der Waals surface area contributed by atoms with Gasteiger partial charge in [-0.1, -0.05) is 44.9 Å². The van der Waals surface area contributed by atoms with Crippen LogP contribution in [-0.4, -0.2) is 20.6 Å². The van der Waals surface area contributed by atoms with Crippen LogP contribution >= 0.6 is 11.8 Å². The molecule has 0 radical (unpaired) electrons. The Bertz CT molecular complexity index is 458. The van der Waals surface area contributed by atoms with E-state index in [2.05, 4.69) is 24.0 Å². The minimum absolute atomic E-state index is 0.169. The maximum atomic E-state index is 6.30. The van der Waals surface area contributed by atoms with Crippen molar-refractivity contribution in [2.75, 3.05) is 11.6 Å². The molecule has 0 saturated heterocycles. The van der Waals surface area contributed by atoms with Crippen molar-refractivity contribution >= 4 is 11.8 Å². The molecular weight excluding hydrogens is 268 g/mol. The highest BCUT2D eigenvalue weighted by Gasteiger charge is 2.45. The van der Waals surface area contributed by atoms with E-state index in [0.717, 1.165) is 35.0 Å². The third-order valence-corrected chi connectivity index (χ3v) is 6.16. The van der Waals surface area contributed by atoms with Crippen molar-refractivity contribution in [2.24, 2.45) is 11.8 Å². The molecule has 112 valence electrons. The molecule has 1 aromatic rings. The SMILES string of the molecule is CCSc1nnc(C2(CC)CC3CCCC(C3)C2)n1N. The molecule has 2 bridgehead atoms. The first-order valence-electron chi connectivity index (χ1n) is 8.02. The van der Waals surface area contributed by atoms with E-state index in [9.17, 15) is 0 Å². The van der Waals surface area contributed by atoms with E-state index < -0.39 is 0 Å².